The Bertz CT molecular complexity index is 151. The van der Waals surface area contributed by atoms with E-state index in [0.29, 0.717) is 0 Å². The molecule has 1 aliphatic heterocycles. The van der Waals surface area contributed by atoms with Crippen LogP contribution in [0.2, 0.25) is 0 Å². The molecule has 10 heavy (non-hydrogen) atoms. The fourth-order valence-electron chi connectivity index (χ4n) is 1.96. The van der Waals surface area contributed by atoms with E-state index >= 15 is 0 Å². The first-order valence-corrected chi connectivity index (χ1v) is 5.18. The van der Waals surface area contributed by atoms with Crippen molar-refractivity contribution in [2.75, 3.05) is 0 Å². The normalized spacial score (nSPS) is 43.1. The zero-order valence-electron chi connectivity index (χ0n) is 6.42. The molecule has 1 heteroatoms. The fraction of sp³-hybridized carbons (Fsp3) is 0.778. The van der Waals surface area contributed by atoms with E-state index in [0.717, 1.165) is 16.4 Å². The second-order valence-electron chi connectivity index (χ2n) is 3.29. The average Bonchev–Trinajstić information content (AvgIpc) is 2.48. The molecule has 2 rings (SSSR count). The largest absolute Gasteiger partial charge is 0.150 e. The number of thioether (sulfide) groups is 1. The molecule has 1 fully saturated rings. The Hall–Kier alpha value is 0.0900. The molecule has 1 heterocycles. The first kappa shape index (κ1) is 6.78. The van der Waals surface area contributed by atoms with Gasteiger partial charge in [-0.3, -0.25) is 0 Å². The van der Waals surface area contributed by atoms with Gasteiger partial charge in [0.25, 0.3) is 0 Å². The van der Waals surface area contributed by atoms with E-state index in [-0.39, 0.29) is 0 Å². The summed E-state index contributed by atoms with van der Waals surface area (Å²) >= 11 is 2.20. The molecule has 1 aliphatic carbocycles. The number of allylic oxidation sites excluding steroid dienone is 1. The fourth-order valence-corrected chi connectivity index (χ4v) is 3.70. The summed E-state index contributed by atoms with van der Waals surface area (Å²) in [4.78, 5) is 0. The molecule has 3 atom stereocenters. The van der Waals surface area contributed by atoms with Crippen molar-refractivity contribution in [1.29, 1.82) is 0 Å². The second kappa shape index (κ2) is 2.61. The maximum atomic E-state index is 2.43. The van der Waals surface area contributed by atoms with Crippen molar-refractivity contribution < 1.29 is 0 Å². The van der Waals surface area contributed by atoms with Gasteiger partial charge in [-0.15, -0.1) is 0 Å². The molecule has 0 radical (unpaired) electrons. The Labute approximate surface area is 67.1 Å². The highest BCUT2D eigenvalue weighted by Gasteiger charge is 2.35. The van der Waals surface area contributed by atoms with Crippen LogP contribution in [-0.2, 0) is 0 Å². The summed E-state index contributed by atoms with van der Waals surface area (Å²) < 4.78 is 0. The van der Waals surface area contributed by atoms with Crippen LogP contribution in [0.4, 0.5) is 0 Å². The van der Waals surface area contributed by atoms with Crippen LogP contribution in [0.5, 0.6) is 0 Å². The van der Waals surface area contributed by atoms with Gasteiger partial charge in [-0.2, -0.15) is 11.8 Å². The summed E-state index contributed by atoms with van der Waals surface area (Å²) in [6.45, 7) is 2.29. The molecule has 0 nitrogen and oxygen atoms in total. The predicted molar refractivity (Wildman–Crippen MR) is 47.3 cm³/mol. The minimum absolute atomic E-state index is 0.890. The van der Waals surface area contributed by atoms with Crippen molar-refractivity contribution in [3.05, 3.63) is 12.2 Å². The van der Waals surface area contributed by atoms with E-state index in [2.05, 4.69) is 30.8 Å². The Morgan fingerprint density at radius 1 is 1.50 bits per heavy atom. The van der Waals surface area contributed by atoms with Crippen molar-refractivity contribution >= 4 is 11.8 Å². The molecule has 0 N–H and O–H groups in total. The molecule has 0 amide bonds. The summed E-state index contributed by atoms with van der Waals surface area (Å²) in [5.74, 6) is 0.940. The van der Waals surface area contributed by atoms with Crippen molar-refractivity contribution in [3.63, 3.8) is 0 Å². The number of hydrogen-bond donors (Lipinski definition) is 0. The smallest absolute Gasteiger partial charge is 0.0236 e. The van der Waals surface area contributed by atoms with Gasteiger partial charge < -0.3 is 0 Å². The van der Waals surface area contributed by atoms with E-state index in [1.54, 1.807) is 0 Å². The van der Waals surface area contributed by atoms with Gasteiger partial charge in [0, 0.05) is 10.5 Å². The molecule has 1 saturated heterocycles. The van der Waals surface area contributed by atoms with Gasteiger partial charge in [-0.1, -0.05) is 25.5 Å². The van der Waals surface area contributed by atoms with E-state index in [1.165, 1.54) is 19.3 Å². The molecule has 0 unspecified atom stereocenters. The molecule has 2 aliphatic rings. The van der Waals surface area contributed by atoms with Crippen molar-refractivity contribution in [2.45, 2.75) is 36.7 Å². The van der Waals surface area contributed by atoms with Crippen LogP contribution >= 0.6 is 11.8 Å². The quantitative estimate of drug-likeness (QED) is 0.551. The molecule has 0 aromatic carbocycles. The summed E-state index contributed by atoms with van der Waals surface area (Å²) in [5.41, 5.74) is 0. The van der Waals surface area contributed by atoms with E-state index in [1.807, 2.05) is 0 Å². The maximum absolute atomic E-state index is 2.43. The average molecular weight is 154 g/mol. The Kier molecular flexibility index (Phi) is 1.77. The lowest BCUT2D eigenvalue weighted by molar-refractivity contribution is 0.593. The number of rotatable bonds is 2. The predicted octanol–water partition coefficient (Wildman–Crippen LogP) is 2.85. The molecule has 0 aromatic heterocycles. The Morgan fingerprint density at radius 3 is 2.90 bits per heavy atom. The van der Waals surface area contributed by atoms with E-state index in [9.17, 15) is 0 Å². The summed E-state index contributed by atoms with van der Waals surface area (Å²) in [7, 11) is 0. The third-order valence-electron chi connectivity index (χ3n) is 2.48. The maximum Gasteiger partial charge on any atom is 0.0236 e. The van der Waals surface area contributed by atoms with Gasteiger partial charge in [0.1, 0.15) is 0 Å². The van der Waals surface area contributed by atoms with Gasteiger partial charge in [0.15, 0.2) is 0 Å². The Morgan fingerprint density at radius 2 is 2.40 bits per heavy atom. The van der Waals surface area contributed by atoms with Crippen LogP contribution < -0.4 is 0 Å². The van der Waals surface area contributed by atoms with Crippen LogP contribution in [0.15, 0.2) is 12.2 Å². The van der Waals surface area contributed by atoms with Gasteiger partial charge in [-0.05, 0) is 18.8 Å². The van der Waals surface area contributed by atoms with Crippen LogP contribution in [0.1, 0.15) is 26.2 Å². The number of hydrogen-bond acceptors (Lipinski definition) is 1. The van der Waals surface area contributed by atoms with Gasteiger partial charge in [0.2, 0.25) is 0 Å². The van der Waals surface area contributed by atoms with Gasteiger partial charge in [-0.25, -0.2) is 0 Å². The van der Waals surface area contributed by atoms with Crippen LogP contribution in [0, 0.1) is 5.92 Å². The monoisotopic (exact) mass is 154 g/mol. The summed E-state index contributed by atoms with van der Waals surface area (Å²) in [6, 6.07) is 0. The molecule has 0 spiro atoms. The summed E-state index contributed by atoms with van der Waals surface area (Å²) in [6.07, 6.45) is 9.04. The summed E-state index contributed by atoms with van der Waals surface area (Å²) in [5, 5.41) is 1.86. The van der Waals surface area contributed by atoms with Gasteiger partial charge >= 0.3 is 0 Å². The first-order valence-electron chi connectivity index (χ1n) is 4.24. The molecule has 56 valence electrons. The molecular formula is C9H14S. The molecule has 2 bridgehead atoms. The topological polar surface area (TPSA) is 0 Å². The lowest BCUT2D eigenvalue weighted by Crippen LogP contribution is -2.08. The molecule has 0 saturated carbocycles. The van der Waals surface area contributed by atoms with Crippen molar-refractivity contribution in [2.24, 2.45) is 5.92 Å². The van der Waals surface area contributed by atoms with E-state index in [4.69, 9.17) is 0 Å². The molecule has 0 aromatic rings. The van der Waals surface area contributed by atoms with Crippen molar-refractivity contribution in [1.82, 2.24) is 0 Å². The highest BCUT2D eigenvalue weighted by Crippen LogP contribution is 2.46. The Balaban J connectivity index is 1.96. The zero-order valence-corrected chi connectivity index (χ0v) is 7.23. The van der Waals surface area contributed by atoms with Crippen molar-refractivity contribution in [3.8, 4) is 0 Å². The van der Waals surface area contributed by atoms with Gasteiger partial charge in [0.05, 0.1) is 0 Å². The minimum atomic E-state index is 0.890. The standard InChI is InChI=1S/C9H14S/c1-2-3-9-7-4-5-8(6-7)10-9/h4-5,7-9H,2-3,6H2,1H3/t7-,8+,9-/m0/s1. The second-order valence-corrected chi connectivity index (χ2v) is 4.77. The minimum Gasteiger partial charge on any atom is -0.150 e. The number of fused-ring (bicyclic) bond motifs is 2. The molecular weight excluding hydrogens is 140 g/mol. The first-order chi connectivity index (χ1) is 4.90. The lowest BCUT2D eigenvalue weighted by atomic mass is 10.0. The third-order valence-corrected chi connectivity index (χ3v) is 4.11. The van der Waals surface area contributed by atoms with Crippen LogP contribution in [0.3, 0.4) is 0 Å². The SMILES string of the molecule is CCC[C@@H]1S[C@@H]2C=C[C@H]1C2. The third kappa shape index (κ3) is 1.01. The highest BCUT2D eigenvalue weighted by molar-refractivity contribution is 8.01. The van der Waals surface area contributed by atoms with E-state index < -0.39 is 0 Å². The van der Waals surface area contributed by atoms with Crippen LogP contribution in [0.25, 0.3) is 0 Å². The lowest BCUT2D eigenvalue weighted by Gasteiger charge is -2.15. The zero-order chi connectivity index (χ0) is 6.97. The van der Waals surface area contributed by atoms with Crippen LogP contribution in [-0.4, -0.2) is 10.5 Å². The highest BCUT2D eigenvalue weighted by atomic mass is 32.2.